The Kier molecular flexibility index (Phi) is 5.36. The van der Waals surface area contributed by atoms with Crippen LogP contribution >= 0.6 is 15.9 Å². The molecule has 150 valence electrons. The largest absolute Gasteiger partial charge is 0.396 e. The highest BCUT2D eigenvalue weighted by Crippen LogP contribution is 2.40. The molecule has 0 radical (unpaired) electrons. The van der Waals surface area contributed by atoms with E-state index in [1.165, 1.54) is 23.3 Å². The molecule has 3 aliphatic rings. The van der Waals surface area contributed by atoms with Crippen LogP contribution in [0.5, 0.6) is 0 Å². The molecule has 1 saturated heterocycles. The molecule has 28 heavy (non-hydrogen) atoms. The van der Waals surface area contributed by atoms with Crippen LogP contribution in [-0.4, -0.2) is 48.4 Å². The van der Waals surface area contributed by atoms with Crippen molar-refractivity contribution >= 4 is 44.8 Å². The number of nitrogens with two attached hydrogens (primary N) is 1. The number of hydrogen-bond donors (Lipinski definition) is 2. The maximum atomic E-state index is 12.1. The van der Waals surface area contributed by atoms with Crippen LogP contribution in [0.25, 0.3) is 5.57 Å². The third-order valence-electron chi connectivity index (χ3n) is 6.06. The van der Waals surface area contributed by atoms with Gasteiger partial charge in [0.05, 0.1) is 15.8 Å². The second kappa shape index (κ2) is 7.78. The zero-order valence-corrected chi connectivity index (χ0v) is 17.8. The number of nitrogens with zero attached hydrogens (tertiary/aromatic N) is 2. The summed E-state index contributed by atoms with van der Waals surface area (Å²) in [5.74, 6) is 1.07. The Balaban J connectivity index is 1.40. The average molecular weight is 447 g/mol. The topological polar surface area (TPSA) is 78.7 Å². The molecular weight excluding hydrogens is 420 g/mol. The molecule has 3 amide bonds. The fourth-order valence-electron chi connectivity index (χ4n) is 3.98. The van der Waals surface area contributed by atoms with Crippen LogP contribution in [0.15, 0.2) is 22.7 Å². The maximum Gasteiger partial charge on any atom is 0.326 e. The van der Waals surface area contributed by atoms with Gasteiger partial charge in [-0.3, -0.25) is 9.69 Å². The predicted octanol–water partition coefficient (Wildman–Crippen LogP) is 3.93. The van der Waals surface area contributed by atoms with Crippen molar-refractivity contribution in [1.29, 1.82) is 0 Å². The maximum absolute atomic E-state index is 12.1. The fourth-order valence-corrected chi connectivity index (χ4v) is 4.58. The summed E-state index contributed by atoms with van der Waals surface area (Å²) in [4.78, 5) is 26.6. The molecule has 2 aliphatic carbocycles. The predicted molar refractivity (Wildman–Crippen MR) is 115 cm³/mol. The Bertz CT molecular complexity index is 834. The zero-order chi connectivity index (χ0) is 19.8. The van der Waals surface area contributed by atoms with Gasteiger partial charge in [-0.1, -0.05) is 12.1 Å². The van der Waals surface area contributed by atoms with Crippen LogP contribution in [0, 0.1) is 11.8 Å². The Morgan fingerprint density at radius 2 is 2.00 bits per heavy atom. The van der Waals surface area contributed by atoms with Gasteiger partial charge in [0.15, 0.2) is 0 Å². The van der Waals surface area contributed by atoms with Crippen molar-refractivity contribution in [3.05, 3.63) is 28.2 Å². The van der Waals surface area contributed by atoms with Crippen LogP contribution in [0.3, 0.4) is 0 Å². The number of likely N-dealkylation sites (N-methyl/N-ethyl adjacent to an activating group) is 1. The number of amides is 3. The van der Waals surface area contributed by atoms with E-state index in [9.17, 15) is 9.59 Å². The highest BCUT2D eigenvalue weighted by molar-refractivity contribution is 9.10. The van der Waals surface area contributed by atoms with Crippen molar-refractivity contribution in [3.63, 3.8) is 0 Å². The fraction of sp³-hybridized carbons (Fsp3) is 0.524. The number of hydrogen-bond acceptors (Lipinski definition) is 4. The number of rotatable bonds is 6. The van der Waals surface area contributed by atoms with Gasteiger partial charge >= 0.3 is 6.03 Å². The van der Waals surface area contributed by atoms with Crippen LogP contribution in [0.2, 0.25) is 0 Å². The number of halogens is 1. The van der Waals surface area contributed by atoms with E-state index in [0.717, 1.165) is 53.1 Å². The third-order valence-corrected chi connectivity index (χ3v) is 6.91. The van der Waals surface area contributed by atoms with Gasteiger partial charge in [0, 0.05) is 20.1 Å². The first-order chi connectivity index (χ1) is 13.4. The standard InChI is InChI=1S/C21H27BrN4O2/c1-25-18(27)12-26(21(25)28)11-14-4-6-15(7-5-14)16-8-9-17(20(23)19(16)22)24-10-13-2-3-13/h6,8-9,13-14,24H,2-5,7,10-12,23H2,1H3. The molecule has 1 heterocycles. The lowest BCUT2D eigenvalue weighted by Crippen LogP contribution is -2.34. The number of nitrogen functional groups attached to an aromatic ring is 1. The van der Waals surface area contributed by atoms with Crippen molar-refractivity contribution in [2.45, 2.75) is 32.1 Å². The van der Waals surface area contributed by atoms with Gasteiger partial charge in [0.1, 0.15) is 6.54 Å². The lowest BCUT2D eigenvalue weighted by atomic mass is 9.86. The summed E-state index contributed by atoms with van der Waals surface area (Å²) in [6.07, 6.45) is 7.74. The lowest BCUT2D eigenvalue weighted by Gasteiger charge is -2.26. The van der Waals surface area contributed by atoms with E-state index in [1.807, 2.05) is 0 Å². The molecule has 0 spiro atoms. The normalized spacial score (nSPS) is 22.6. The molecule has 2 fully saturated rings. The van der Waals surface area contributed by atoms with Crippen molar-refractivity contribution in [2.75, 3.05) is 37.7 Å². The number of carbonyl (C=O) groups is 2. The summed E-state index contributed by atoms with van der Waals surface area (Å²) >= 11 is 3.69. The number of benzene rings is 1. The molecule has 6 nitrogen and oxygen atoms in total. The molecule has 1 aliphatic heterocycles. The molecule has 1 unspecified atom stereocenters. The minimum Gasteiger partial charge on any atom is -0.396 e. The lowest BCUT2D eigenvalue weighted by molar-refractivity contribution is -0.124. The molecule has 1 aromatic carbocycles. The van der Waals surface area contributed by atoms with E-state index < -0.39 is 0 Å². The third kappa shape index (κ3) is 3.90. The average Bonchev–Trinajstić information content (AvgIpc) is 3.49. The minimum absolute atomic E-state index is 0.119. The van der Waals surface area contributed by atoms with Crippen LogP contribution in [0.4, 0.5) is 16.2 Å². The van der Waals surface area contributed by atoms with Crippen LogP contribution in [-0.2, 0) is 4.79 Å². The van der Waals surface area contributed by atoms with E-state index >= 15 is 0 Å². The summed E-state index contributed by atoms with van der Waals surface area (Å²) in [6, 6.07) is 4.04. The highest BCUT2D eigenvalue weighted by Gasteiger charge is 2.34. The van der Waals surface area contributed by atoms with Gasteiger partial charge in [-0.2, -0.15) is 0 Å². The molecule has 1 saturated carbocycles. The van der Waals surface area contributed by atoms with E-state index in [2.05, 4.69) is 39.5 Å². The summed E-state index contributed by atoms with van der Waals surface area (Å²) in [5, 5.41) is 3.46. The molecule has 0 aromatic heterocycles. The number of carbonyl (C=O) groups excluding carboxylic acids is 2. The molecule has 0 bridgehead atoms. The number of urea groups is 1. The van der Waals surface area contributed by atoms with Gasteiger partial charge in [-0.25, -0.2) is 4.79 Å². The molecule has 4 rings (SSSR count). The second-order valence-corrected chi connectivity index (χ2v) is 8.99. The number of imide groups is 1. The first kappa shape index (κ1) is 19.3. The van der Waals surface area contributed by atoms with Gasteiger partial charge in [-0.15, -0.1) is 0 Å². The van der Waals surface area contributed by atoms with Crippen molar-refractivity contribution < 1.29 is 9.59 Å². The van der Waals surface area contributed by atoms with Crippen molar-refractivity contribution in [1.82, 2.24) is 9.80 Å². The summed E-state index contributed by atoms with van der Waals surface area (Å²) < 4.78 is 0.958. The Hall–Kier alpha value is -2.02. The van der Waals surface area contributed by atoms with Gasteiger partial charge in [0.2, 0.25) is 5.91 Å². The van der Waals surface area contributed by atoms with Crippen molar-refractivity contribution in [3.8, 4) is 0 Å². The Morgan fingerprint density at radius 3 is 2.61 bits per heavy atom. The minimum atomic E-state index is -0.176. The first-order valence-electron chi connectivity index (χ1n) is 10.0. The summed E-state index contributed by atoms with van der Waals surface area (Å²) in [7, 11) is 1.55. The zero-order valence-electron chi connectivity index (χ0n) is 16.2. The number of nitrogens with one attached hydrogen (secondary N) is 1. The number of allylic oxidation sites excluding steroid dienone is 2. The SMILES string of the molecule is CN1C(=O)CN(CC2CC=C(c3ccc(NCC4CC4)c(N)c3Br)CC2)C1=O. The summed E-state index contributed by atoms with van der Waals surface area (Å²) in [5.41, 5.74) is 10.6. The summed E-state index contributed by atoms with van der Waals surface area (Å²) in [6.45, 7) is 1.85. The highest BCUT2D eigenvalue weighted by atomic mass is 79.9. The smallest absolute Gasteiger partial charge is 0.326 e. The Labute approximate surface area is 174 Å². The van der Waals surface area contributed by atoms with E-state index in [1.54, 1.807) is 11.9 Å². The van der Waals surface area contributed by atoms with Gasteiger partial charge in [-0.05, 0) is 77.1 Å². The van der Waals surface area contributed by atoms with Gasteiger partial charge in [0.25, 0.3) is 0 Å². The number of anilines is 2. The van der Waals surface area contributed by atoms with Crippen LogP contribution in [0.1, 0.15) is 37.7 Å². The quantitative estimate of drug-likeness (QED) is 0.512. The van der Waals surface area contributed by atoms with E-state index in [0.29, 0.717) is 12.5 Å². The van der Waals surface area contributed by atoms with E-state index in [-0.39, 0.29) is 18.5 Å². The van der Waals surface area contributed by atoms with Crippen molar-refractivity contribution in [2.24, 2.45) is 11.8 Å². The first-order valence-corrected chi connectivity index (χ1v) is 10.8. The molecule has 7 heteroatoms. The molecular formula is C21H27BrN4O2. The molecule has 1 atom stereocenters. The Morgan fingerprint density at radius 1 is 1.21 bits per heavy atom. The van der Waals surface area contributed by atoms with Crippen LogP contribution < -0.4 is 11.1 Å². The second-order valence-electron chi connectivity index (χ2n) is 8.20. The molecule has 3 N–H and O–H groups in total. The van der Waals surface area contributed by atoms with Gasteiger partial charge < -0.3 is 16.0 Å². The molecule has 1 aromatic rings. The van der Waals surface area contributed by atoms with E-state index in [4.69, 9.17) is 5.73 Å². The monoisotopic (exact) mass is 446 g/mol.